The Morgan fingerprint density at radius 1 is 0.900 bits per heavy atom. The van der Waals surface area contributed by atoms with Gasteiger partial charge in [0, 0.05) is 6.42 Å². The molecule has 1 atom stereocenters. The Bertz CT molecular complexity index is 907. The van der Waals surface area contributed by atoms with E-state index in [0.29, 0.717) is 17.7 Å². The van der Waals surface area contributed by atoms with E-state index in [4.69, 9.17) is 5.73 Å². The summed E-state index contributed by atoms with van der Waals surface area (Å²) in [5.41, 5.74) is 1.81. The molecule has 0 aliphatic carbocycles. The summed E-state index contributed by atoms with van der Waals surface area (Å²) >= 11 is 0. The van der Waals surface area contributed by atoms with Gasteiger partial charge in [0.1, 0.15) is 11.9 Å². The maximum Gasteiger partial charge on any atom is 0.416 e. The first-order valence-corrected chi connectivity index (χ1v) is 8.37. The summed E-state index contributed by atoms with van der Waals surface area (Å²) in [5.74, 6) is -2.64. The number of amides is 2. The van der Waals surface area contributed by atoms with E-state index in [2.05, 4.69) is 5.32 Å². The second-order valence-electron chi connectivity index (χ2n) is 6.45. The molecule has 11 heteroatoms. The van der Waals surface area contributed by atoms with Crippen LogP contribution in [0.5, 0.6) is 0 Å². The molecule has 4 nitrogen and oxygen atoms in total. The Kier molecular flexibility index (Phi) is 6.73. The lowest BCUT2D eigenvalue weighted by Crippen LogP contribution is -2.46. The van der Waals surface area contributed by atoms with Crippen molar-refractivity contribution in [2.45, 2.75) is 31.2 Å². The summed E-state index contributed by atoms with van der Waals surface area (Å²) < 4.78 is 90.7. The molecule has 0 aliphatic rings. The van der Waals surface area contributed by atoms with Crippen LogP contribution in [0.1, 0.15) is 22.3 Å². The molecule has 162 valence electrons. The van der Waals surface area contributed by atoms with Crippen LogP contribution in [0.4, 0.5) is 30.7 Å². The van der Waals surface area contributed by atoms with Crippen LogP contribution in [0.25, 0.3) is 0 Å². The van der Waals surface area contributed by atoms with Gasteiger partial charge >= 0.3 is 12.4 Å². The van der Waals surface area contributed by atoms with Crippen LogP contribution in [0.15, 0.2) is 42.5 Å². The second kappa shape index (κ2) is 8.72. The third kappa shape index (κ3) is 6.46. The Balaban J connectivity index is 2.21. The highest BCUT2D eigenvalue weighted by atomic mass is 19.4. The predicted molar refractivity (Wildman–Crippen MR) is 91.4 cm³/mol. The lowest BCUT2D eigenvalue weighted by atomic mass is 10.0. The normalized spacial score (nSPS) is 13.0. The number of alkyl halides is 6. The number of primary amides is 1. The predicted octanol–water partition coefficient (Wildman–Crippen LogP) is 3.62. The molecule has 2 rings (SSSR count). The van der Waals surface area contributed by atoms with E-state index in [-0.39, 0.29) is 12.5 Å². The molecule has 0 unspecified atom stereocenters. The summed E-state index contributed by atoms with van der Waals surface area (Å²) in [6, 6.07) is 4.47. The average Bonchev–Trinajstić information content (AvgIpc) is 2.59. The molecule has 0 radical (unpaired) electrons. The smallest absolute Gasteiger partial charge is 0.368 e. The number of nitrogens with two attached hydrogens (primary N) is 1. The number of carbonyl (C=O) groups excluding carboxylic acids is 2. The number of hydrogen-bond acceptors (Lipinski definition) is 2. The van der Waals surface area contributed by atoms with Gasteiger partial charge in [-0.2, -0.15) is 26.3 Å². The van der Waals surface area contributed by atoms with Crippen LogP contribution < -0.4 is 11.1 Å². The van der Waals surface area contributed by atoms with Gasteiger partial charge in [0.15, 0.2) is 0 Å². The van der Waals surface area contributed by atoms with Crippen molar-refractivity contribution in [3.8, 4) is 0 Å². The molecule has 30 heavy (non-hydrogen) atoms. The van der Waals surface area contributed by atoms with Crippen molar-refractivity contribution < 1.29 is 40.3 Å². The zero-order chi connectivity index (χ0) is 22.7. The van der Waals surface area contributed by atoms with Crippen LogP contribution in [0.3, 0.4) is 0 Å². The highest BCUT2D eigenvalue weighted by Crippen LogP contribution is 2.36. The third-order valence-corrected chi connectivity index (χ3v) is 4.02. The summed E-state index contributed by atoms with van der Waals surface area (Å²) in [7, 11) is 0. The molecule has 2 aromatic carbocycles. The van der Waals surface area contributed by atoms with Gasteiger partial charge in [-0.15, -0.1) is 0 Å². The minimum atomic E-state index is -5.06. The summed E-state index contributed by atoms with van der Waals surface area (Å²) in [5, 5.41) is 2.15. The highest BCUT2D eigenvalue weighted by molar-refractivity contribution is 5.87. The summed E-state index contributed by atoms with van der Waals surface area (Å²) in [6.45, 7) is 0. The van der Waals surface area contributed by atoms with E-state index in [0.717, 1.165) is 12.1 Å². The Hall–Kier alpha value is -3.11. The molecule has 3 N–H and O–H groups in total. The van der Waals surface area contributed by atoms with E-state index in [1.165, 1.54) is 12.1 Å². The van der Waals surface area contributed by atoms with Gasteiger partial charge in [-0.1, -0.05) is 12.1 Å². The Morgan fingerprint density at radius 3 is 1.93 bits per heavy atom. The van der Waals surface area contributed by atoms with E-state index in [1.54, 1.807) is 0 Å². The molecule has 2 aromatic rings. The minimum absolute atomic E-state index is 0.0580. The van der Waals surface area contributed by atoms with Crippen molar-refractivity contribution in [1.82, 2.24) is 5.32 Å². The zero-order valence-electron chi connectivity index (χ0n) is 15.1. The molecule has 2 amide bonds. The van der Waals surface area contributed by atoms with Gasteiger partial charge in [0.05, 0.1) is 17.5 Å². The SMILES string of the molecule is NC(=O)[C@@H](Cc1cccc(F)c1)NC(=O)Cc1cc(C(F)(F)F)cc(C(F)(F)F)c1. The first-order valence-electron chi connectivity index (χ1n) is 8.37. The molecule has 0 saturated carbocycles. The zero-order valence-corrected chi connectivity index (χ0v) is 15.1. The highest BCUT2D eigenvalue weighted by Gasteiger charge is 2.37. The molecular weight excluding hydrogens is 421 g/mol. The average molecular weight is 436 g/mol. The Morgan fingerprint density at radius 2 is 1.47 bits per heavy atom. The monoisotopic (exact) mass is 436 g/mol. The quantitative estimate of drug-likeness (QED) is 0.680. The van der Waals surface area contributed by atoms with Gasteiger partial charge < -0.3 is 11.1 Å². The number of carbonyl (C=O) groups is 2. The number of halogens is 7. The van der Waals surface area contributed by atoms with Crippen molar-refractivity contribution >= 4 is 11.8 Å². The van der Waals surface area contributed by atoms with Crippen LogP contribution in [0, 0.1) is 5.82 Å². The number of hydrogen-bond donors (Lipinski definition) is 2. The van der Waals surface area contributed by atoms with Crippen molar-refractivity contribution in [1.29, 1.82) is 0 Å². The maximum absolute atomic E-state index is 13.2. The fourth-order valence-electron chi connectivity index (χ4n) is 2.67. The van der Waals surface area contributed by atoms with Crippen molar-refractivity contribution in [2.75, 3.05) is 0 Å². The lowest BCUT2D eigenvalue weighted by molar-refractivity contribution is -0.143. The third-order valence-electron chi connectivity index (χ3n) is 4.02. The van der Waals surface area contributed by atoms with Crippen molar-refractivity contribution in [3.63, 3.8) is 0 Å². The minimum Gasteiger partial charge on any atom is -0.368 e. The topological polar surface area (TPSA) is 72.2 Å². The van der Waals surface area contributed by atoms with E-state index >= 15 is 0 Å². The van der Waals surface area contributed by atoms with Gasteiger partial charge in [-0.05, 0) is 41.5 Å². The van der Waals surface area contributed by atoms with Gasteiger partial charge in [-0.25, -0.2) is 4.39 Å². The number of nitrogens with one attached hydrogen (secondary N) is 1. The second-order valence-corrected chi connectivity index (χ2v) is 6.45. The van der Waals surface area contributed by atoms with Crippen LogP contribution in [-0.2, 0) is 34.8 Å². The first-order chi connectivity index (χ1) is 13.8. The van der Waals surface area contributed by atoms with Gasteiger partial charge in [0.25, 0.3) is 0 Å². The summed E-state index contributed by atoms with van der Waals surface area (Å²) in [6.07, 6.45) is -11.2. The van der Waals surface area contributed by atoms with E-state index < -0.39 is 59.1 Å². The molecule has 0 spiro atoms. The molecule has 0 heterocycles. The van der Waals surface area contributed by atoms with Crippen LogP contribution in [-0.4, -0.2) is 17.9 Å². The maximum atomic E-state index is 13.2. The van der Waals surface area contributed by atoms with Crippen LogP contribution >= 0.6 is 0 Å². The van der Waals surface area contributed by atoms with Crippen molar-refractivity contribution in [2.24, 2.45) is 5.73 Å². The number of benzene rings is 2. The summed E-state index contributed by atoms with van der Waals surface area (Å²) in [4.78, 5) is 23.7. The molecule has 0 saturated heterocycles. The molecule has 0 aromatic heterocycles. The molecular formula is C19H15F7N2O2. The molecule has 0 aliphatic heterocycles. The largest absolute Gasteiger partial charge is 0.416 e. The van der Waals surface area contributed by atoms with Gasteiger partial charge in [0.2, 0.25) is 11.8 Å². The standard InChI is InChI=1S/C19H15F7N2O2/c20-14-3-1-2-10(6-14)7-15(17(27)30)28-16(29)8-11-4-12(18(21,22)23)9-13(5-11)19(24,25)26/h1-6,9,15H,7-8H2,(H2,27,30)(H,28,29)/t15-/m1/s1. The molecule has 0 bridgehead atoms. The van der Waals surface area contributed by atoms with Crippen LogP contribution in [0.2, 0.25) is 0 Å². The van der Waals surface area contributed by atoms with E-state index in [1.807, 2.05) is 0 Å². The van der Waals surface area contributed by atoms with Gasteiger partial charge in [-0.3, -0.25) is 9.59 Å². The van der Waals surface area contributed by atoms with E-state index in [9.17, 15) is 40.3 Å². The first kappa shape index (κ1) is 23.2. The van der Waals surface area contributed by atoms with Crippen molar-refractivity contribution in [3.05, 3.63) is 70.5 Å². The number of rotatable bonds is 6. The Labute approximate surface area is 165 Å². The molecule has 0 fully saturated rings. The lowest BCUT2D eigenvalue weighted by Gasteiger charge is -2.17. The fourth-order valence-corrected chi connectivity index (χ4v) is 2.67. The fraction of sp³-hybridized carbons (Fsp3) is 0.263.